The fourth-order valence-electron chi connectivity index (χ4n) is 1.53. The zero-order chi connectivity index (χ0) is 12.8. The van der Waals surface area contributed by atoms with Gasteiger partial charge in [-0.15, -0.1) is 0 Å². The number of aliphatic carboxylic acids is 1. The molecule has 0 radical (unpaired) electrons. The normalized spacial score (nSPS) is 14.1. The molecule has 0 aliphatic heterocycles. The summed E-state index contributed by atoms with van der Waals surface area (Å²) in [6.45, 7) is 4.07. The summed E-state index contributed by atoms with van der Waals surface area (Å²) < 4.78 is 5.10. The van der Waals surface area contributed by atoms with Crippen LogP contribution in [0.15, 0.2) is 24.3 Å². The SMILES string of the molecule is COCc1ccccc1NC(C)C(C)C(=O)O. The van der Waals surface area contributed by atoms with Gasteiger partial charge in [0.1, 0.15) is 0 Å². The Hall–Kier alpha value is -1.55. The lowest BCUT2D eigenvalue weighted by Gasteiger charge is -2.21. The maximum atomic E-state index is 10.9. The van der Waals surface area contributed by atoms with Gasteiger partial charge >= 0.3 is 5.97 Å². The van der Waals surface area contributed by atoms with Crippen LogP contribution in [0.2, 0.25) is 0 Å². The fraction of sp³-hybridized carbons (Fsp3) is 0.462. The van der Waals surface area contributed by atoms with E-state index in [-0.39, 0.29) is 6.04 Å². The number of carboxylic acids is 1. The molecule has 0 heterocycles. The van der Waals surface area contributed by atoms with E-state index in [1.54, 1.807) is 14.0 Å². The molecule has 0 aliphatic carbocycles. The van der Waals surface area contributed by atoms with Gasteiger partial charge in [-0.2, -0.15) is 0 Å². The van der Waals surface area contributed by atoms with Gasteiger partial charge < -0.3 is 15.2 Å². The second-order valence-corrected chi connectivity index (χ2v) is 4.15. The van der Waals surface area contributed by atoms with Crippen LogP contribution in [0.25, 0.3) is 0 Å². The molecule has 1 aromatic carbocycles. The number of methoxy groups -OCH3 is 1. The molecule has 2 N–H and O–H groups in total. The molecule has 1 rings (SSSR count). The number of anilines is 1. The molecular weight excluding hydrogens is 218 g/mol. The maximum absolute atomic E-state index is 10.9. The van der Waals surface area contributed by atoms with E-state index in [1.807, 2.05) is 31.2 Å². The third kappa shape index (κ3) is 3.75. The summed E-state index contributed by atoms with van der Waals surface area (Å²) in [5.41, 5.74) is 1.95. The highest BCUT2D eigenvalue weighted by atomic mass is 16.5. The molecule has 0 spiro atoms. The number of nitrogens with one attached hydrogen (secondary N) is 1. The van der Waals surface area contributed by atoms with E-state index in [2.05, 4.69) is 5.32 Å². The number of hydrogen-bond acceptors (Lipinski definition) is 3. The quantitative estimate of drug-likeness (QED) is 0.797. The second kappa shape index (κ2) is 6.25. The predicted molar refractivity (Wildman–Crippen MR) is 67.0 cm³/mol. The van der Waals surface area contributed by atoms with E-state index in [0.29, 0.717) is 6.61 Å². The van der Waals surface area contributed by atoms with Crippen LogP contribution in [-0.4, -0.2) is 24.2 Å². The Morgan fingerprint density at radius 2 is 2.06 bits per heavy atom. The number of para-hydroxylation sites is 1. The first-order valence-corrected chi connectivity index (χ1v) is 5.62. The molecule has 0 saturated carbocycles. The van der Waals surface area contributed by atoms with Gasteiger partial charge in [-0.05, 0) is 19.9 Å². The highest BCUT2D eigenvalue weighted by molar-refractivity contribution is 5.71. The molecule has 0 fully saturated rings. The first-order valence-electron chi connectivity index (χ1n) is 5.62. The predicted octanol–water partition coefficient (Wildman–Crippen LogP) is 2.35. The van der Waals surface area contributed by atoms with Crippen molar-refractivity contribution in [3.63, 3.8) is 0 Å². The summed E-state index contributed by atoms with van der Waals surface area (Å²) >= 11 is 0. The third-order valence-electron chi connectivity index (χ3n) is 2.84. The van der Waals surface area contributed by atoms with Gasteiger partial charge in [0, 0.05) is 24.4 Å². The summed E-state index contributed by atoms with van der Waals surface area (Å²) in [4.78, 5) is 10.9. The molecule has 1 aromatic rings. The average molecular weight is 237 g/mol. The lowest BCUT2D eigenvalue weighted by molar-refractivity contribution is -0.141. The summed E-state index contributed by atoms with van der Waals surface area (Å²) in [6.07, 6.45) is 0. The van der Waals surface area contributed by atoms with E-state index >= 15 is 0 Å². The minimum atomic E-state index is -0.797. The molecule has 0 aromatic heterocycles. The number of ether oxygens (including phenoxy) is 1. The summed E-state index contributed by atoms with van der Waals surface area (Å²) in [5, 5.41) is 12.2. The molecule has 0 aliphatic rings. The van der Waals surface area contributed by atoms with Gasteiger partial charge in [0.2, 0.25) is 0 Å². The molecule has 2 unspecified atom stereocenters. The lowest BCUT2D eigenvalue weighted by atomic mass is 10.0. The van der Waals surface area contributed by atoms with Gasteiger partial charge in [0.25, 0.3) is 0 Å². The van der Waals surface area contributed by atoms with Gasteiger partial charge in [-0.1, -0.05) is 18.2 Å². The Labute approximate surface area is 102 Å². The minimum absolute atomic E-state index is 0.134. The van der Waals surface area contributed by atoms with Gasteiger partial charge in [-0.25, -0.2) is 0 Å². The standard InChI is InChI=1S/C13H19NO3/c1-9(13(15)16)10(2)14-12-7-5-4-6-11(12)8-17-3/h4-7,9-10,14H,8H2,1-3H3,(H,15,16). The van der Waals surface area contributed by atoms with Crippen molar-refractivity contribution in [3.8, 4) is 0 Å². The van der Waals surface area contributed by atoms with Gasteiger partial charge in [0.15, 0.2) is 0 Å². The van der Waals surface area contributed by atoms with Crippen molar-refractivity contribution >= 4 is 11.7 Å². The van der Waals surface area contributed by atoms with Gasteiger partial charge in [0.05, 0.1) is 12.5 Å². The molecule has 0 amide bonds. The van der Waals surface area contributed by atoms with Crippen molar-refractivity contribution in [1.29, 1.82) is 0 Å². The Balaban J connectivity index is 2.76. The van der Waals surface area contributed by atoms with Crippen LogP contribution < -0.4 is 5.32 Å². The molecule has 4 nitrogen and oxygen atoms in total. The van der Waals surface area contributed by atoms with Crippen LogP contribution in [-0.2, 0) is 16.1 Å². The van der Waals surface area contributed by atoms with Crippen LogP contribution in [0.1, 0.15) is 19.4 Å². The number of carbonyl (C=O) groups is 1. The summed E-state index contributed by atoms with van der Waals surface area (Å²) in [5.74, 6) is -1.24. The number of rotatable bonds is 6. The summed E-state index contributed by atoms with van der Waals surface area (Å²) in [7, 11) is 1.64. The maximum Gasteiger partial charge on any atom is 0.308 e. The number of hydrogen-bond donors (Lipinski definition) is 2. The Morgan fingerprint density at radius 1 is 1.41 bits per heavy atom. The molecule has 2 atom stereocenters. The lowest BCUT2D eigenvalue weighted by Crippen LogP contribution is -2.30. The van der Waals surface area contributed by atoms with E-state index in [4.69, 9.17) is 9.84 Å². The fourth-order valence-corrected chi connectivity index (χ4v) is 1.53. The van der Waals surface area contributed by atoms with Crippen molar-refractivity contribution in [1.82, 2.24) is 0 Å². The topological polar surface area (TPSA) is 58.6 Å². The van der Waals surface area contributed by atoms with Crippen LogP contribution in [0.3, 0.4) is 0 Å². The minimum Gasteiger partial charge on any atom is -0.481 e. The highest BCUT2D eigenvalue weighted by Gasteiger charge is 2.19. The first-order chi connectivity index (χ1) is 8.06. The molecular formula is C13H19NO3. The molecule has 17 heavy (non-hydrogen) atoms. The number of carboxylic acid groups (broad SMARTS) is 1. The molecule has 0 saturated heterocycles. The smallest absolute Gasteiger partial charge is 0.308 e. The van der Waals surface area contributed by atoms with Crippen molar-refractivity contribution in [3.05, 3.63) is 29.8 Å². The molecule has 4 heteroatoms. The molecule has 94 valence electrons. The van der Waals surface area contributed by atoms with Crippen molar-refractivity contribution in [2.24, 2.45) is 5.92 Å². The highest BCUT2D eigenvalue weighted by Crippen LogP contribution is 2.19. The Bertz CT molecular complexity index is 379. The zero-order valence-electron chi connectivity index (χ0n) is 10.4. The van der Waals surface area contributed by atoms with E-state index in [9.17, 15) is 4.79 Å². The van der Waals surface area contributed by atoms with Crippen molar-refractivity contribution in [2.45, 2.75) is 26.5 Å². The van der Waals surface area contributed by atoms with Crippen LogP contribution in [0, 0.1) is 5.92 Å². The number of benzene rings is 1. The monoisotopic (exact) mass is 237 g/mol. The first kappa shape index (κ1) is 13.5. The van der Waals surface area contributed by atoms with Crippen LogP contribution in [0.5, 0.6) is 0 Å². The zero-order valence-corrected chi connectivity index (χ0v) is 10.4. The van der Waals surface area contributed by atoms with Crippen molar-refractivity contribution < 1.29 is 14.6 Å². The van der Waals surface area contributed by atoms with E-state index < -0.39 is 11.9 Å². The summed E-state index contributed by atoms with van der Waals surface area (Å²) in [6, 6.07) is 7.61. The van der Waals surface area contributed by atoms with Crippen LogP contribution in [0.4, 0.5) is 5.69 Å². The van der Waals surface area contributed by atoms with Crippen LogP contribution >= 0.6 is 0 Å². The third-order valence-corrected chi connectivity index (χ3v) is 2.84. The van der Waals surface area contributed by atoms with E-state index in [1.165, 1.54) is 0 Å². The second-order valence-electron chi connectivity index (χ2n) is 4.15. The van der Waals surface area contributed by atoms with Crippen molar-refractivity contribution in [2.75, 3.05) is 12.4 Å². The Kier molecular flexibility index (Phi) is 4.97. The molecule has 0 bridgehead atoms. The van der Waals surface area contributed by atoms with E-state index in [0.717, 1.165) is 11.3 Å². The van der Waals surface area contributed by atoms with Gasteiger partial charge in [-0.3, -0.25) is 4.79 Å². The largest absolute Gasteiger partial charge is 0.481 e. The average Bonchev–Trinajstić information content (AvgIpc) is 2.30. The Morgan fingerprint density at radius 3 is 2.65 bits per heavy atom.